The molecule has 3 nitrogen and oxygen atoms in total. The van der Waals surface area contributed by atoms with E-state index in [1.165, 1.54) is 0 Å². The third-order valence-corrected chi connectivity index (χ3v) is 4.85. The molecule has 0 bridgehead atoms. The molecule has 1 atom stereocenters. The Kier molecular flexibility index (Phi) is 5.74. The molecule has 0 heterocycles. The predicted molar refractivity (Wildman–Crippen MR) is 53.3 cm³/mol. The topological polar surface area (TPSA) is 44.5 Å². The summed E-state index contributed by atoms with van der Waals surface area (Å²) in [7, 11) is -0.160. The standard InChI is InChI=1S/C8H21NO2Si/c1-8(2)11-12(4,10-3)7-5-6-9/h8H,5-7,9H2,1-4H3. The summed E-state index contributed by atoms with van der Waals surface area (Å²) in [5.41, 5.74) is 5.43. The number of rotatable bonds is 6. The lowest BCUT2D eigenvalue weighted by atomic mass is 10.5. The Hall–Kier alpha value is 0.0969. The van der Waals surface area contributed by atoms with Crippen molar-refractivity contribution in [3.63, 3.8) is 0 Å². The number of hydrogen-bond donors (Lipinski definition) is 1. The van der Waals surface area contributed by atoms with E-state index in [0.717, 1.165) is 12.5 Å². The van der Waals surface area contributed by atoms with Crippen molar-refractivity contribution in [3.05, 3.63) is 0 Å². The van der Waals surface area contributed by atoms with Crippen LogP contribution in [0, 0.1) is 0 Å². The van der Waals surface area contributed by atoms with Crippen molar-refractivity contribution in [3.8, 4) is 0 Å². The zero-order chi connectivity index (χ0) is 9.61. The number of nitrogens with two attached hydrogens (primary N) is 1. The highest BCUT2D eigenvalue weighted by atomic mass is 28.4. The fourth-order valence-electron chi connectivity index (χ4n) is 1.13. The van der Waals surface area contributed by atoms with Gasteiger partial charge >= 0.3 is 8.56 Å². The Bertz CT molecular complexity index is 122. The second-order valence-corrected chi connectivity index (χ2v) is 6.81. The lowest BCUT2D eigenvalue weighted by Gasteiger charge is -2.27. The summed E-state index contributed by atoms with van der Waals surface area (Å²) in [6, 6.07) is 0.984. The fourth-order valence-corrected chi connectivity index (χ4v) is 3.39. The van der Waals surface area contributed by atoms with E-state index in [2.05, 4.69) is 6.55 Å². The second-order valence-electron chi connectivity index (χ2n) is 3.40. The van der Waals surface area contributed by atoms with Crippen molar-refractivity contribution in [1.82, 2.24) is 0 Å². The number of hydrogen-bond acceptors (Lipinski definition) is 3. The van der Waals surface area contributed by atoms with E-state index in [9.17, 15) is 0 Å². The van der Waals surface area contributed by atoms with Crippen molar-refractivity contribution >= 4 is 8.56 Å². The highest BCUT2D eigenvalue weighted by molar-refractivity contribution is 6.66. The third-order valence-electron chi connectivity index (χ3n) is 1.75. The molecule has 12 heavy (non-hydrogen) atoms. The van der Waals surface area contributed by atoms with Gasteiger partial charge in [-0.2, -0.15) is 0 Å². The molecule has 0 aromatic carbocycles. The normalized spacial score (nSPS) is 16.5. The maximum atomic E-state index is 5.75. The molecule has 4 heteroatoms. The van der Waals surface area contributed by atoms with Gasteiger partial charge in [0.15, 0.2) is 0 Å². The van der Waals surface area contributed by atoms with Crippen LogP contribution in [0.2, 0.25) is 12.6 Å². The summed E-state index contributed by atoms with van der Waals surface area (Å²) in [4.78, 5) is 0. The molecule has 0 aliphatic rings. The molecule has 0 aliphatic carbocycles. The van der Waals surface area contributed by atoms with Gasteiger partial charge in [0.05, 0.1) is 0 Å². The van der Waals surface area contributed by atoms with Crippen LogP contribution in [0.3, 0.4) is 0 Å². The van der Waals surface area contributed by atoms with Crippen LogP contribution in [-0.2, 0) is 8.85 Å². The van der Waals surface area contributed by atoms with Gasteiger partial charge in [0.2, 0.25) is 0 Å². The summed E-state index contributed by atoms with van der Waals surface area (Å²) in [5.74, 6) is 0. The Morgan fingerprint density at radius 1 is 1.42 bits per heavy atom. The van der Waals surface area contributed by atoms with E-state index in [1.807, 2.05) is 13.8 Å². The molecule has 0 fully saturated rings. The summed E-state index contributed by atoms with van der Waals surface area (Å²) in [6.07, 6.45) is 1.24. The van der Waals surface area contributed by atoms with Crippen LogP contribution in [0.15, 0.2) is 0 Å². The van der Waals surface area contributed by atoms with E-state index < -0.39 is 8.56 Å². The smallest absolute Gasteiger partial charge is 0.334 e. The molecule has 0 rings (SSSR count). The monoisotopic (exact) mass is 191 g/mol. The minimum Gasteiger partial charge on any atom is -0.398 e. The lowest BCUT2D eigenvalue weighted by Crippen LogP contribution is -2.40. The molecule has 1 unspecified atom stereocenters. The minimum absolute atomic E-state index is 0.249. The third kappa shape index (κ3) is 4.87. The highest BCUT2D eigenvalue weighted by Crippen LogP contribution is 2.16. The first kappa shape index (κ1) is 12.1. The first-order valence-corrected chi connectivity index (χ1v) is 6.99. The molecule has 0 aromatic rings. The molecule has 0 amide bonds. The van der Waals surface area contributed by atoms with E-state index in [1.54, 1.807) is 7.11 Å². The van der Waals surface area contributed by atoms with Crippen LogP contribution in [0.5, 0.6) is 0 Å². The SMILES string of the molecule is CO[Si](C)(CCCN)OC(C)C. The van der Waals surface area contributed by atoms with Gasteiger partial charge in [-0.3, -0.25) is 0 Å². The van der Waals surface area contributed by atoms with Gasteiger partial charge in [-0.25, -0.2) is 0 Å². The van der Waals surface area contributed by atoms with Gasteiger partial charge in [-0.1, -0.05) is 0 Å². The Morgan fingerprint density at radius 2 is 2.00 bits per heavy atom. The Labute approximate surface area is 76.5 Å². The van der Waals surface area contributed by atoms with E-state index in [0.29, 0.717) is 6.54 Å². The van der Waals surface area contributed by atoms with E-state index in [4.69, 9.17) is 14.6 Å². The zero-order valence-electron chi connectivity index (χ0n) is 8.59. The quantitative estimate of drug-likeness (QED) is 0.647. The Balaban J connectivity index is 3.86. The minimum atomic E-state index is -1.89. The molecule has 2 N–H and O–H groups in total. The van der Waals surface area contributed by atoms with Gasteiger partial charge in [0.1, 0.15) is 0 Å². The van der Waals surface area contributed by atoms with Crippen molar-refractivity contribution in [2.75, 3.05) is 13.7 Å². The largest absolute Gasteiger partial charge is 0.398 e. The van der Waals surface area contributed by atoms with Crippen LogP contribution >= 0.6 is 0 Å². The summed E-state index contributed by atoms with van der Waals surface area (Å²) < 4.78 is 11.2. The van der Waals surface area contributed by atoms with Crippen LogP contribution in [0.25, 0.3) is 0 Å². The van der Waals surface area contributed by atoms with E-state index >= 15 is 0 Å². The van der Waals surface area contributed by atoms with Crippen LogP contribution < -0.4 is 5.73 Å². The lowest BCUT2D eigenvalue weighted by molar-refractivity contribution is 0.157. The summed E-state index contributed by atoms with van der Waals surface area (Å²) in [6.45, 7) is 6.87. The molecule has 0 spiro atoms. The molecule has 0 aromatic heterocycles. The van der Waals surface area contributed by atoms with Gasteiger partial charge in [0.25, 0.3) is 0 Å². The van der Waals surface area contributed by atoms with Crippen molar-refractivity contribution in [2.45, 2.75) is 39.0 Å². The molecule has 0 saturated carbocycles. The fraction of sp³-hybridized carbons (Fsp3) is 1.00. The van der Waals surface area contributed by atoms with E-state index in [-0.39, 0.29) is 6.10 Å². The second kappa shape index (κ2) is 5.69. The maximum Gasteiger partial charge on any atom is 0.334 e. The zero-order valence-corrected chi connectivity index (χ0v) is 9.59. The van der Waals surface area contributed by atoms with Crippen molar-refractivity contribution < 1.29 is 8.85 Å². The highest BCUT2D eigenvalue weighted by Gasteiger charge is 2.30. The molecule has 74 valence electrons. The molecular weight excluding hydrogens is 170 g/mol. The first-order chi connectivity index (χ1) is 5.54. The van der Waals surface area contributed by atoms with Crippen LogP contribution in [-0.4, -0.2) is 28.3 Å². The Morgan fingerprint density at radius 3 is 2.33 bits per heavy atom. The average molecular weight is 191 g/mol. The summed E-state index contributed by atoms with van der Waals surface area (Å²) >= 11 is 0. The maximum absolute atomic E-state index is 5.75. The molecular formula is C8H21NO2Si. The molecule has 0 radical (unpaired) electrons. The molecule has 0 aliphatic heterocycles. The van der Waals surface area contributed by atoms with Gasteiger partial charge in [-0.15, -0.1) is 0 Å². The molecule has 0 saturated heterocycles. The summed E-state index contributed by atoms with van der Waals surface area (Å²) in [5, 5.41) is 0. The van der Waals surface area contributed by atoms with Crippen LogP contribution in [0.1, 0.15) is 20.3 Å². The average Bonchev–Trinajstić information content (AvgIpc) is 2.00. The van der Waals surface area contributed by atoms with Gasteiger partial charge in [0, 0.05) is 13.2 Å². The first-order valence-electron chi connectivity index (χ1n) is 4.47. The van der Waals surface area contributed by atoms with Crippen molar-refractivity contribution in [2.24, 2.45) is 5.73 Å². The van der Waals surface area contributed by atoms with Gasteiger partial charge < -0.3 is 14.6 Å². The van der Waals surface area contributed by atoms with Crippen LogP contribution in [0.4, 0.5) is 0 Å². The van der Waals surface area contributed by atoms with Gasteiger partial charge in [-0.05, 0) is 39.4 Å². The van der Waals surface area contributed by atoms with Crippen molar-refractivity contribution in [1.29, 1.82) is 0 Å². The predicted octanol–water partition coefficient (Wildman–Crippen LogP) is 1.48.